The van der Waals surface area contributed by atoms with Crippen molar-refractivity contribution in [1.29, 1.82) is 0 Å². The molecule has 0 spiro atoms. The molecule has 3 aromatic rings. The number of benzene rings is 3. The Morgan fingerprint density at radius 3 is 2.50 bits per heavy atom. The molecule has 0 aromatic heterocycles. The molecule has 3 aromatic carbocycles. The van der Waals surface area contributed by atoms with Gasteiger partial charge in [0.15, 0.2) is 0 Å². The molecular formula is C22H21BrFNO. The lowest BCUT2D eigenvalue weighted by Gasteiger charge is -2.12. The van der Waals surface area contributed by atoms with Crippen molar-refractivity contribution in [3.8, 4) is 5.75 Å². The number of rotatable bonds is 6. The van der Waals surface area contributed by atoms with Gasteiger partial charge in [0.1, 0.15) is 18.2 Å². The van der Waals surface area contributed by atoms with E-state index in [9.17, 15) is 4.39 Å². The van der Waals surface area contributed by atoms with E-state index in [4.69, 9.17) is 4.74 Å². The van der Waals surface area contributed by atoms with Gasteiger partial charge in [0.05, 0.1) is 4.47 Å². The first-order valence-corrected chi connectivity index (χ1v) is 9.27. The molecule has 2 nitrogen and oxygen atoms in total. The van der Waals surface area contributed by atoms with Gasteiger partial charge in [0.25, 0.3) is 0 Å². The molecule has 0 aliphatic rings. The van der Waals surface area contributed by atoms with E-state index in [-0.39, 0.29) is 5.82 Å². The quantitative estimate of drug-likeness (QED) is 0.504. The Morgan fingerprint density at radius 2 is 1.77 bits per heavy atom. The summed E-state index contributed by atoms with van der Waals surface area (Å²) in [4.78, 5) is 0. The summed E-state index contributed by atoms with van der Waals surface area (Å²) in [5, 5.41) is 3.44. The molecule has 0 saturated carbocycles. The van der Waals surface area contributed by atoms with Gasteiger partial charge >= 0.3 is 0 Å². The minimum Gasteiger partial charge on any atom is -0.488 e. The summed E-state index contributed by atoms with van der Waals surface area (Å²) in [5.41, 5.74) is 5.62. The second kappa shape index (κ2) is 8.37. The Balaban J connectivity index is 1.60. The fourth-order valence-electron chi connectivity index (χ4n) is 2.61. The van der Waals surface area contributed by atoms with E-state index in [0.717, 1.165) is 33.6 Å². The Kier molecular flexibility index (Phi) is 5.94. The van der Waals surface area contributed by atoms with E-state index >= 15 is 0 Å². The summed E-state index contributed by atoms with van der Waals surface area (Å²) in [7, 11) is 0. The molecule has 0 amide bonds. The minimum atomic E-state index is -0.252. The molecule has 26 heavy (non-hydrogen) atoms. The molecule has 0 saturated heterocycles. The molecule has 0 radical (unpaired) electrons. The number of ether oxygens (including phenoxy) is 1. The molecule has 0 bridgehead atoms. The second-order valence-corrected chi connectivity index (χ2v) is 7.19. The van der Waals surface area contributed by atoms with Gasteiger partial charge in [-0.1, -0.05) is 24.3 Å². The van der Waals surface area contributed by atoms with E-state index in [1.807, 2.05) is 24.3 Å². The highest BCUT2D eigenvalue weighted by Crippen LogP contribution is 2.27. The van der Waals surface area contributed by atoms with Gasteiger partial charge in [0, 0.05) is 12.2 Å². The second-order valence-electron chi connectivity index (χ2n) is 6.34. The lowest BCUT2D eigenvalue weighted by molar-refractivity contribution is 0.303. The number of nitrogens with one attached hydrogen (secondary N) is 1. The predicted octanol–water partition coefficient (Wildman–Crippen LogP) is 6.40. The highest BCUT2D eigenvalue weighted by molar-refractivity contribution is 9.10. The third-order valence-electron chi connectivity index (χ3n) is 4.28. The molecule has 0 aliphatic heterocycles. The standard InChI is InChI=1S/C22H21BrFNO/c1-15-6-8-20(10-16(15)2)25-13-17-7-9-22(21(23)12-17)26-14-18-4-3-5-19(24)11-18/h3-12,25H,13-14H2,1-2H3. The molecule has 0 atom stereocenters. The maximum atomic E-state index is 13.2. The summed E-state index contributed by atoms with van der Waals surface area (Å²) in [6.07, 6.45) is 0. The molecule has 4 heteroatoms. The first-order valence-electron chi connectivity index (χ1n) is 8.48. The first kappa shape index (κ1) is 18.5. The van der Waals surface area contributed by atoms with E-state index in [1.54, 1.807) is 6.07 Å². The monoisotopic (exact) mass is 413 g/mol. The van der Waals surface area contributed by atoms with Crippen LogP contribution in [-0.2, 0) is 13.2 Å². The normalized spacial score (nSPS) is 10.6. The lowest BCUT2D eigenvalue weighted by atomic mass is 10.1. The summed E-state index contributed by atoms with van der Waals surface area (Å²) >= 11 is 3.56. The summed E-state index contributed by atoms with van der Waals surface area (Å²) in [5.74, 6) is 0.488. The van der Waals surface area contributed by atoms with E-state index in [2.05, 4.69) is 53.3 Å². The zero-order chi connectivity index (χ0) is 18.5. The van der Waals surface area contributed by atoms with Crippen molar-refractivity contribution >= 4 is 21.6 Å². The summed E-state index contributed by atoms with van der Waals surface area (Å²) in [6.45, 7) is 5.28. The molecule has 1 N–H and O–H groups in total. The van der Waals surface area contributed by atoms with Crippen LogP contribution in [0.15, 0.2) is 65.1 Å². The van der Waals surface area contributed by atoms with Crippen LogP contribution >= 0.6 is 15.9 Å². The van der Waals surface area contributed by atoms with E-state index in [1.165, 1.54) is 23.3 Å². The van der Waals surface area contributed by atoms with Crippen molar-refractivity contribution in [1.82, 2.24) is 0 Å². The van der Waals surface area contributed by atoms with Crippen LogP contribution in [0.3, 0.4) is 0 Å². The molecule has 3 rings (SSSR count). The Morgan fingerprint density at radius 1 is 0.923 bits per heavy atom. The Hall–Kier alpha value is -2.33. The van der Waals surface area contributed by atoms with Gasteiger partial charge in [-0.25, -0.2) is 4.39 Å². The van der Waals surface area contributed by atoms with Gasteiger partial charge in [-0.2, -0.15) is 0 Å². The van der Waals surface area contributed by atoms with Crippen molar-refractivity contribution in [2.45, 2.75) is 27.0 Å². The summed E-state index contributed by atoms with van der Waals surface area (Å²) in [6, 6.07) is 18.8. The Labute approximate surface area is 162 Å². The average Bonchev–Trinajstić information content (AvgIpc) is 2.62. The number of hydrogen-bond donors (Lipinski definition) is 1. The topological polar surface area (TPSA) is 21.3 Å². The van der Waals surface area contributed by atoms with Crippen molar-refractivity contribution < 1.29 is 9.13 Å². The molecule has 0 aliphatic carbocycles. The Bertz CT molecular complexity index is 910. The third kappa shape index (κ3) is 4.85. The number of hydrogen-bond acceptors (Lipinski definition) is 2. The van der Waals surface area contributed by atoms with Crippen molar-refractivity contribution in [2.24, 2.45) is 0 Å². The molecule has 134 valence electrons. The van der Waals surface area contributed by atoms with Crippen molar-refractivity contribution in [2.75, 3.05) is 5.32 Å². The zero-order valence-electron chi connectivity index (χ0n) is 14.9. The highest BCUT2D eigenvalue weighted by atomic mass is 79.9. The first-order chi connectivity index (χ1) is 12.5. The zero-order valence-corrected chi connectivity index (χ0v) is 16.4. The van der Waals surface area contributed by atoms with Crippen LogP contribution in [0, 0.1) is 19.7 Å². The van der Waals surface area contributed by atoms with Gasteiger partial charge in [0.2, 0.25) is 0 Å². The number of aryl methyl sites for hydroxylation is 2. The average molecular weight is 414 g/mol. The van der Waals surface area contributed by atoms with Crippen LogP contribution in [0.25, 0.3) is 0 Å². The minimum absolute atomic E-state index is 0.252. The maximum Gasteiger partial charge on any atom is 0.134 e. The molecule has 0 fully saturated rings. The van der Waals surface area contributed by atoms with E-state index in [0.29, 0.717) is 6.61 Å². The van der Waals surface area contributed by atoms with Crippen LogP contribution in [-0.4, -0.2) is 0 Å². The summed E-state index contributed by atoms with van der Waals surface area (Å²) < 4.78 is 19.9. The maximum absolute atomic E-state index is 13.2. The number of halogens is 2. The van der Waals surface area contributed by atoms with Crippen molar-refractivity contribution in [3.63, 3.8) is 0 Å². The van der Waals surface area contributed by atoms with Gasteiger partial charge in [-0.05, 0) is 88.4 Å². The molecular weight excluding hydrogens is 393 g/mol. The van der Waals surface area contributed by atoms with Crippen LogP contribution in [0.2, 0.25) is 0 Å². The fourth-order valence-corrected chi connectivity index (χ4v) is 3.16. The number of anilines is 1. The SMILES string of the molecule is Cc1ccc(NCc2ccc(OCc3cccc(F)c3)c(Br)c2)cc1C. The predicted molar refractivity (Wildman–Crippen MR) is 108 cm³/mol. The third-order valence-corrected chi connectivity index (χ3v) is 4.90. The van der Waals surface area contributed by atoms with Gasteiger partial charge in [-0.15, -0.1) is 0 Å². The van der Waals surface area contributed by atoms with Gasteiger partial charge in [-0.3, -0.25) is 0 Å². The van der Waals surface area contributed by atoms with Crippen LogP contribution in [0.1, 0.15) is 22.3 Å². The fraction of sp³-hybridized carbons (Fsp3) is 0.182. The van der Waals surface area contributed by atoms with Crippen LogP contribution in [0.5, 0.6) is 5.75 Å². The molecule has 0 unspecified atom stereocenters. The molecule has 0 heterocycles. The van der Waals surface area contributed by atoms with E-state index < -0.39 is 0 Å². The largest absolute Gasteiger partial charge is 0.488 e. The van der Waals surface area contributed by atoms with Crippen LogP contribution < -0.4 is 10.1 Å². The lowest BCUT2D eigenvalue weighted by Crippen LogP contribution is -2.01. The smallest absolute Gasteiger partial charge is 0.134 e. The van der Waals surface area contributed by atoms with Gasteiger partial charge < -0.3 is 10.1 Å². The van der Waals surface area contributed by atoms with Crippen LogP contribution in [0.4, 0.5) is 10.1 Å². The van der Waals surface area contributed by atoms with Crippen molar-refractivity contribution in [3.05, 3.63) is 93.2 Å². The highest BCUT2D eigenvalue weighted by Gasteiger charge is 2.05.